The van der Waals surface area contributed by atoms with Crippen LogP contribution in [0.15, 0.2) is 58.1 Å². The summed E-state index contributed by atoms with van der Waals surface area (Å²) in [4.78, 5) is 0. The van der Waals surface area contributed by atoms with E-state index in [1.165, 1.54) is 6.07 Å². The van der Waals surface area contributed by atoms with Gasteiger partial charge < -0.3 is 10.1 Å². The minimum Gasteiger partial charge on any atom is -0.497 e. The molecule has 0 aliphatic carbocycles. The first kappa shape index (κ1) is 17.2. The number of hydrogen-bond donors (Lipinski definition) is 2. The molecule has 0 aliphatic heterocycles. The number of nitrogens with zero attached hydrogens (tertiary/aromatic N) is 2. The molecule has 3 aromatic rings. The third-order valence-electron chi connectivity index (χ3n) is 3.30. The van der Waals surface area contributed by atoms with Crippen LogP contribution in [0.2, 0.25) is 0 Å². The van der Waals surface area contributed by atoms with Gasteiger partial charge in [0.15, 0.2) is 5.82 Å². The standard InChI is InChI=1S/C16H16N4O3S2/c1-23-13-6-4-12(5-7-13)11-17-14-8-9-15(19-18-14)20-25(21,22)16-3-2-10-24-16/h2-10H,11H2,1H3,(H,17,18)(H,19,20). The van der Waals surface area contributed by atoms with Crippen molar-refractivity contribution < 1.29 is 13.2 Å². The quantitative estimate of drug-likeness (QED) is 0.658. The van der Waals surface area contributed by atoms with Crippen molar-refractivity contribution in [1.82, 2.24) is 10.2 Å². The molecule has 0 amide bonds. The van der Waals surface area contributed by atoms with E-state index in [0.717, 1.165) is 22.6 Å². The summed E-state index contributed by atoms with van der Waals surface area (Å²) < 4.78 is 32.0. The van der Waals surface area contributed by atoms with Gasteiger partial charge in [-0.25, -0.2) is 8.42 Å². The van der Waals surface area contributed by atoms with E-state index < -0.39 is 10.0 Å². The predicted octanol–water partition coefficient (Wildman–Crippen LogP) is 2.96. The molecule has 9 heteroatoms. The molecule has 1 aromatic carbocycles. The summed E-state index contributed by atoms with van der Waals surface area (Å²) >= 11 is 1.14. The lowest BCUT2D eigenvalue weighted by Gasteiger charge is -2.08. The van der Waals surface area contributed by atoms with E-state index in [1.54, 1.807) is 30.7 Å². The SMILES string of the molecule is COc1ccc(CNc2ccc(NS(=O)(=O)c3cccs3)nn2)cc1. The van der Waals surface area contributed by atoms with Crippen LogP contribution in [0.3, 0.4) is 0 Å². The van der Waals surface area contributed by atoms with E-state index in [-0.39, 0.29) is 10.0 Å². The summed E-state index contributed by atoms with van der Waals surface area (Å²) in [6.07, 6.45) is 0. The number of aromatic nitrogens is 2. The first-order chi connectivity index (χ1) is 12.1. The first-order valence-electron chi connectivity index (χ1n) is 7.34. The summed E-state index contributed by atoms with van der Waals surface area (Å²) in [6.45, 7) is 0.568. The van der Waals surface area contributed by atoms with Crippen LogP contribution in [0.5, 0.6) is 5.75 Å². The molecular weight excluding hydrogens is 360 g/mol. The van der Waals surface area contributed by atoms with Crippen molar-refractivity contribution in [2.75, 3.05) is 17.1 Å². The summed E-state index contributed by atoms with van der Waals surface area (Å²) in [5.74, 6) is 1.52. The van der Waals surface area contributed by atoms with E-state index >= 15 is 0 Å². The van der Waals surface area contributed by atoms with Gasteiger partial charge in [-0.05, 0) is 41.3 Å². The molecule has 2 heterocycles. The smallest absolute Gasteiger partial charge is 0.272 e. The molecule has 0 saturated carbocycles. The summed E-state index contributed by atoms with van der Waals surface area (Å²) in [5, 5.41) is 12.7. The van der Waals surface area contributed by atoms with E-state index in [0.29, 0.717) is 12.4 Å². The molecule has 2 aromatic heterocycles. The molecule has 130 valence electrons. The highest BCUT2D eigenvalue weighted by atomic mass is 32.2. The van der Waals surface area contributed by atoms with E-state index in [9.17, 15) is 8.42 Å². The van der Waals surface area contributed by atoms with Crippen molar-refractivity contribution in [2.24, 2.45) is 0 Å². The number of hydrogen-bond acceptors (Lipinski definition) is 7. The average molecular weight is 376 g/mol. The number of anilines is 2. The number of benzene rings is 1. The molecule has 0 unspecified atom stereocenters. The average Bonchev–Trinajstić information content (AvgIpc) is 3.17. The molecule has 3 rings (SSSR count). The minimum absolute atomic E-state index is 0.170. The van der Waals surface area contributed by atoms with Crippen LogP contribution in [-0.2, 0) is 16.6 Å². The second-order valence-electron chi connectivity index (χ2n) is 5.04. The maximum absolute atomic E-state index is 12.1. The lowest BCUT2D eigenvalue weighted by atomic mass is 10.2. The Morgan fingerprint density at radius 1 is 1.04 bits per heavy atom. The van der Waals surface area contributed by atoms with Gasteiger partial charge in [-0.3, -0.25) is 4.72 Å². The summed E-state index contributed by atoms with van der Waals surface area (Å²) in [6, 6.07) is 14.1. The molecule has 7 nitrogen and oxygen atoms in total. The van der Waals surface area contributed by atoms with E-state index in [4.69, 9.17) is 4.74 Å². The van der Waals surface area contributed by atoms with Gasteiger partial charge in [-0.1, -0.05) is 18.2 Å². The largest absolute Gasteiger partial charge is 0.497 e. The fourth-order valence-corrected chi connectivity index (χ4v) is 4.01. The highest BCUT2D eigenvalue weighted by Crippen LogP contribution is 2.19. The Kier molecular flexibility index (Phi) is 5.15. The fraction of sp³-hybridized carbons (Fsp3) is 0.125. The van der Waals surface area contributed by atoms with Gasteiger partial charge in [0.25, 0.3) is 10.0 Å². The molecule has 0 saturated heterocycles. The van der Waals surface area contributed by atoms with Gasteiger partial charge in [-0.15, -0.1) is 21.5 Å². The maximum atomic E-state index is 12.1. The van der Waals surface area contributed by atoms with Gasteiger partial charge in [0.2, 0.25) is 0 Å². The van der Waals surface area contributed by atoms with Crippen LogP contribution in [-0.4, -0.2) is 25.7 Å². The lowest BCUT2D eigenvalue weighted by Crippen LogP contribution is -2.13. The Balaban J connectivity index is 1.60. The number of sulfonamides is 1. The van der Waals surface area contributed by atoms with Crippen molar-refractivity contribution in [2.45, 2.75) is 10.8 Å². The second kappa shape index (κ2) is 7.49. The number of rotatable bonds is 7. The second-order valence-corrected chi connectivity index (χ2v) is 7.90. The molecule has 0 spiro atoms. The molecule has 0 bridgehead atoms. The number of nitrogens with one attached hydrogen (secondary N) is 2. The monoisotopic (exact) mass is 376 g/mol. The molecule has 0 radical (unpaired) electrons. The van der Waals surface area contributed by atoms with Crippen LogP contribution < -0.4 is 14.8 Å². The van der Waals surface area contributed by atoms with Crippen LogP contribution in [0.1, 0.15) is 5.56 Å². The molecule has 2 N–H and O–H groups in total. The van der Waals surface area contributed by atoms with Gasteiger partial charge in [0, 0.05) is 6.54 Å². The number of methoxy groups -OCH3 is 1. The topological polar surface area (TPSA) is 93.2 Å². The van der Waals surface area contributed by atoms with Crippen molar-refractivity contribution in [3.63, 3.8) is 0 Å². The van der Waals surface area contributed by atoms with Crippen molar-refractivity contribution in [1.29, 1.82) is 0 Å². The Morgan fingerprint density at radius 3 is 2.36 bits per heavy atom. The fourth-order valence-electron chi connectivity index (χ4n) is 2.02. The Morgan fingerprint density at radius 2 is 1.76 bits per heavy atom. The van der Waals surface area contributed by atoms with Crippen LogP contribution in [0.25, 0.3) is 0 Å². The van der Waals surface area contributed by atoms with Gasteiger partial charge in [0.1, 0.15) is 15.8 Å². The lowest BCUT2D eigenvalue weighted by molar-refractivity contribution is 0.414. The van der Waals surface area contributed by atoms with Crippen LogP contribution >= 0.6 is 11.3 Å². The van der Waals surface area contributed by atoms with Crippen molar-refractivity contribution in [3.8, 4) is 5.75 Å². The van der Waals surface area contributed by atoms with Gasteiger partial charge >= 0.3 is 0 Å². The van der Waals surface area contributed by atoms with Crippen LogP contribution in [0.4, 0.5) is 11.6 Å². The molecule has 0 atom stereocenters. The Bertz CT molecular complexity index is 909. The number of thiophene rings is 1. The summed E-state index contributed by atoms with van der Waals surface area (Å²) in [7, 11) is -1.99. The number of ether oxygens (including phenoxy) is 1. The predicted molar refractivity (Wildman–Crippen MR) is 97.5 cm³/mol. The molecule has 0 fully saturated rings. The van der Waals surface area contributed by atoms with E-state index in [1.807, 2.05) is 24.3 Å². The molecule has 0 aliphatic rings. The Hall–Kier alpha value is -2.65. The maximum Gasteiger partial charge on any atom is 0.272 e. The normalized spacial score (nSPS) is 11.1. The highest BCUT2D eigenvalue weighted by molar-refractivity contribution is 7.94. The third-order valence-corrected chi connectivity index (χ3v) is 6.05. The summed E-state index contributed by atoms with van der Waals surface area (Å²) in [5.41, 5.74) is 1.06. The molecular formula is C16H16N4O3S2. The van der Waals surface area contributed by atoms with Gasteiger partial charge in [-0.2, -0.15) is 0 Å². The first-order valence-corrected chi connectivity index (χ1v) is 9.70. The highest BCUT2D eigenvalue weighted by Gasteiger charge is 2.15. The zero-order chi connectivity index (χ0) is 17.7. The molecule has 25 heavy (non-hydrogen) atoms. The zero-order valence-corrected chi connectivity index (χ0v) is 15.0. The Labute approximate surface area is 149 Å². The minimum atomic E-state index is -3.61. The van der Waals surface area contributed by atoms with E-state index in [2.05, 4.69) is 20.2 Å². The zero-order valence-electron chi connectivity index (χ0n) is 13.3. The van der Waals surface area contributed by atoms with Crippen molar-refractivity contribution >= 4 is 33.0 Å². The van der Waals surface area contributed by atoms with Gasteiger partial charge in [0.05, 0.1) is 7.11 Å². The van der Waals surface area contributed by atoms with Crippen molar-refractivity contribution in [3.05, 3.63) is 59.5 Å². The van der Waals surface area contributed by atoms with Crippen LogP contribution in [0, 0.1) is 0 Å². The third kappa shape index (κ3) is 4.46.